The number of nitrogens with zero attached hydrogens (tertiary/aromatic N) is 4. The van der Waals surface area contributed by atoms with Crippen molar-refractivity contribution in [2.24, 2.45) is 0 Å². The van der Waals surface area contributed by atoms with Gasteiger partial charge in [-0.15, -0.1) is 0 Å². The van der Waals surface area contributed by atoms with Gasteiger partial charge in [0.1, 0.15) is 16.7 Å². The fraction of sp³-hybridized carbons (Fsp3) is 0. The summed E-state index contributed by atoms with van der Waals surface area (Å²) < 4.78 is 16.0. The second-order valence-electron chi connectivity index (χ2n) is 17.5. The van der Waals surface area contributed by atoms with Crippen LogP contribution in [0.3, 0.4) is 0 Å². The summed E-state index contributed by atoms with van der Waals surface area (Å²) in [6.07, 6.45) is 0. The number of hydrogen-bond acceptors (Lipinski definition) is 5. The molecule has 10 aromatic carbocycles. The highest BCUT2D eigenvalue weighted by Crippen LogP contribution is 2.45. The summed E-state index contributed by atoms with van der Waals surface area (Å²) in [7, 11) is 0. The zero-order valence-corrected chi connectivity index (χ0v) is 37.0. The van der Waals surface area contributed by atoms with Crippen LogP contribution < -0.4 is 0 Å². The van der Waals surface area contributed by atoms with Crippen LogP contribution in [-0.2, 0) is 0 Å². The van der Waals surface area contributed by atoms with Crippen LogP contribution >= 0.6 is 0 Å². The zero-order valence-electron chi connectivity index (χ0n) is 37.0. The Hall–Kier alpha value is -9.39. The van der Waals surface area contributed by atoms with E-state index in [1.807, 2.05) is 54.6 Å². The van der Waals surface area contributed by atoms with Gasteiger partial charge in [0, 0.05) is 49.0 Å². The van der Waals surface area contributed by atoms with Crippen LogP contribution in [-0.4, -0.2) is 19.5 Å². The number of fused-ring (bicyclic) bond motifs is 9. The fourth-order valence-corrected chi connectivity index (χ4v) is 10.2. The molecule has 0 aliphatic heterocycles. The van der Waals surface area contributed by atoms with Gasteiger partial charge in [-0.1, -0.05) is 182 Å². The van der Waals surface area contributed by atoms with E-state index in [9.17, 15) is 0 Å². The van der Waals surface area contributed by atoms with Crippen molar-refractivity contribution in [1.29, 1.82) is 0 Å². The van der Waals surface area contributed by atoms with Crippen LogP contribution in [0.4, 0.5) is 0 Å². The zero-order chi connectivity index (χ0) is 45.4. The predicted molar refractivity (Wildman–Crippen MR) is 281 cm³/mol. The summed E-state index contributed by atoms with van der Waals surface area (Å²) in [5, 5.41) is 6.41. The molecule has 0 N–H and O–H groups in total. The standard InChI is InChI=1S/C63H38N4O2/c1-4-15-39(16-5-1)41-27-29-43(30-28-41)62-64-61(42-19-8-3-9-20-42)65-63(66-62)50-23-14-26-56-58(50)49-33-31-45(38-57(49)68-56)46-34-36-54(60-59(46)48-22-11-13-25-55(48)69-60)67-52-24-12-10-21-47(52)51-37-44(32-35-53(51)67)40-17-6-2-7-18-40/h1-38H. The topological polar surface area (TPSA) is 69.9 Å². The van der Waals surface area contributed by atoms with Gasteiger partial charge in [0.15, 0.2) is 23.1 Å². The van der Waals surface area contributed by atoms with Crippen LogP contribution in [0.1, 0.15) is 0 Å². The first-order valence-electron chi connectivity index (χ1n) is 23.2. The summed E-state index contributed by atoms with van der Waals surface area (Å²) in [5.74, 6) is 1.78. The quantitative estimate of drug-likeness (QED) is 0.159. The highest BCUT2D eigenvalue weighted by atomic mass is 16.3. The smallest absolute Gasteiger partial charge is 0.164 e. The van der Waals surface area contributed by atoms with E-state index >= 15 is 0 Å². The molecular weight excluding hydrogens is 845 g/mol. The molecule has 14 aromatic rings. The lowest BCUT2D eigenvalue weighted by Crippen LogP contribution is -2.00. The number of para-hydroxylation sites is 2. The van der Waals surface area contributed by atoms with E-state index in [0.717, 1.165) is 99.5 Å². The van der Waals surface area contributed by atoms with Crippen LogP contribution in [0.15, 0.2) is 239 Å². The second-order valence-corrected chi connectivity index (χ2v) is 17.5. The minimum atomic E-state index is 0.576. The van der Waals surface area contributed by atoms with Gasteiger partial charge in [0.2, 0.25) is 0 Å². The molecule has 0 atom stereocenters. The monoisotopic (exact) mass is 882 g/mol. The number of furan rings is 2. The summed E-state index contributed by atoms with van der Waals surface area (Å²) in [6, 6.07) is 80.3. The van der Waals surface area contributed by atoms with Crippen molar-refractivity contribution in [2.45, 2.75) is 0 Å². The van der Waals surface area contributed by atoms with E-state index in [0.29, 0.717) is 17.5 Å². The van der Waals surface area contributed by atoms with Gasteiger partial charge in [-0.3, -0.25) is 0 Å². The van der Waals surface area contributed by atoms with Crippen LogP contribution in [0.5, 0.6) is 0 Å². The van der Waals surface area contributed by atoms with E-state index in [1.54, 1.807) is 0 Å². The highest BCUT2D eigenvalue weighted by molar-refractivity contribution is 6.18. The first kappa shape index (κ1) is 38.8. The summed E-state index contributed by atoms with van der Waals surface area (Å²) in [6.45, 7) is 0. The van der Waals surface area contributed by atoms with Crippen LogP contribution in [0.25, 0.3) is 139 Å². The molecule has 14 rings (SSSR count). The van der Waals surface area contributed by atoms with E-state index in [1.165, 1.54) is 21.9 Å². The molecule has 69 heavy (non-hydrogen) atoms. The average Bonchev–Trinajstić information content (AvgIpc) is 4.11. The number of aromatic nitrogens is 4. The van der Waals surface area contributed by atoms with Gasteiger partial charge in [-0.05, 0) is 81.9 Å². The van der Waals surface area contributed by atoms with Crippen molar-refractivity contribution in [3.63, 3.8) is 0 Å². The van der Waals surface area contributed by atoms with Crippen molar-refractivity contribution < 1.29 is 8.83 Å². The molecule has 6 nitrogen and oxygen atoms in total. The number of benzene rings is 10. The second kappa shape index (κ2) is 15.6. The van der Waals surface area contributed by atoms with Crippen molar-refractivity contribution >= 4 is 65.7 Å². The van der Waals surface area contributed by atoms with Gasteiger partial charge < -0.3 is 13.4 Å². The summed E-state index contributed by atoms with van der Waals surface area (Å²) in [4.78, 5) is 15.3. The molecule has 0 radical (unpaired) electrons. The average molecular weight is 883 g/mol. The van der Waals surface area contributed by atoms with Crippen LogP contribution in [0, 0.1) is 0 Å². The van der Waals surface area contributed by atoms with Gasteiger partial charge in [0.25, 0.3) is 0 Å². The Morgan fingerprint density at radius 3 is 1.61 bits per heavy atom. The van der Waals surface area contributed by atoms with Crippen molar-refractivity contribution in [3.05, 3.63) is 231 Å². The molecule has 4 aromatic heterocycles. The highest BCUT2D eigenvalue weighted by Gasteiger charge is 2.23. The molecule has 0 fully saturated rings. The van der Waals surface area contributed by atoms with Gasteiger partial charge >= 0.3 is 0 Å². The normalized spacial score (nSPS) is 11.8. The SMILES string of the molecule is c1ccc(-c2ccc(-c3nc(-c4ccccc4)nc(-c4cccc5oc6cc(-c7ccc(-n8c9ccccc9c9cc(-c%10ccccc%10)ccc98)c8oc9ccccc9c78)ccc6c45)n3)cc2)cc1. The Morgan fingerprint density at radius 1 is 0.290 bits per heavy atom. The maximum absolute atomic E-state index is 6.91. The molecule has 322 valence electrons. The number of hydrogen-bond donors (Lipinski definition) is 0. The van der Waals surface area contributed by atoms with E-state index in [4.69, 9.17) is 23.8 Å². The maximum Gasteiger partial charge on any atom is 0.164 e. The fourth-order valence-electron chi connectivity index (χ4n) is 10.2. The Balaban J connectivity index is 0.916. The summed E-state index contributed by atoms with van der Waals surface area (Å²) in [5.41, 5.74) is 15.8. The molecule has 0 spiro atoms. The first-order chi connectivity index (χ1) is 34.2. The van der Waals surface area contributed by atoms with Crippen molar-refractivity contribution in [3.8, 4) is 73.2 Å². The van der Waals surface area contributed by atoms with E-state index in [2.05, 4.69) is 180 Å². The lowest BCUT2D eigenvalue weighted by molar-refractivity contribution is 0.666. The van der Waals surface area contributed by atoms with Crippen molar-refractivity contribution in [2.75, 3.05) is 0 Å². The predicted octanol–water partition coefficient (Wildman–Crippen LogP) is 16.8. The molecule has 0 bridgehead atoms. The Labute approximate surface area is 396 Å². The molecule has 0 aliphatic rings. The van der Waals surface area contributed by atoms with Gasteiger partial charge in [0.05, 0.1) is 16.7 Å². The molecule has 4 heterocycles. The molecule has 0 unspecified atom stereocenters. The third kappa shape index (κ3) is 6.38. The Kier molecular flexibility index (Phi) is 8.79. The third-order valence-electron chi connectivity index (χ3n) is 13.5. The van der Waals surface area contributed by atoms with E-state index in [-0.39, 0.29) is 0 Å². The minimum Gasteiger partial charge on any atom is -0.456 e. The largest absolute Gasteiger partial charge is 0.456 e. The van der Waals surface area contributed by atoms with Gasteiger partial charge in [-0.25, -0.2) is 15.0 Å². The lowest BCUT2D eigenvalue weighted by atomic mass is 9.97. The Morgan fingerprint density at radius 2 is 0.841 bits per heavy atom. The molecule has 0 amide bonds. The molecular formula is C63H38N4O2. The lowest BCUT2D eigenvalue weighted by Gasteiger charge is -2.12. The first-order valence-corrected chi connectivity index (χ1v) is 23.2. The van der Waals surface area contributed by atoms with Gasteiger partial charge in [-0.2, -0.15) is 0 Å². The van der Waals surface area contributed by atoms with Crippen LogP contribution in [0.2, 0.25) is 0 Å². The minimum absolute atomic E-state index is 0.576. The van der Waals surface area contributed by atoms with E-state index < -0.39 is 0 Å². The maximum atomic E-state index is 6.91. The summed E-state index contributed by atoms with van der Waals surface area (Å²) >= 11 is 0. The molecule has 0 aliphatic carbocycles. The molecule has 6 heteroatoms. The Bertz CT molecular complexity index is 4290. The van der Waals surface area contributed by atoms with Crippen molar-refractivity contribution in [1.82, 2.24) is 19.5 Å². The third-order valence-corrected chi connectivity index (χ3v) is 13.5. The molecule has 0 saturated carbocycles. The number of rotatable bonds is 7. The molecule has 0 saturated heterocycles.